The van der Waals surface area contributed by atoms with Crippen molar-refractivity contribution >= 4 is 21.4 Å². The molecule has 0 bridgehead atoms. The van der Waals surface area contributed by atoms with E-state index >= 15 is 0 Å². The normalized spacial score (nSPS) is 12.2. The van der Waals surface area contributed by atoms with Gasteiger partial charge in [-0.15, -0.1) is 0 Å². The van der Waals surface area contributed by atoms with Crippen molar-refractivity contribution in [1.29, 1.82) is 0 Å². The van der Waals surface area contributed by atoms with Crippen molar-refractivity contribution in [2.75, 3.05) is 14.1 Å². The van der Waals surface area contributed by atoms with Crippen LogP contribution in [0.15, 0.2) is 31.5 Å². The van der Waals surface area contributed by atoms with Crippen molar-refractivity contribution in [3.8, 4) is 0 Å². The molecule has 1 aromatic heterocycles. The van der Waals surface area contributed by atoms with E-state index in [9.17, 15) is 8.42 Å². The number of sulfonamides is 1. The molecular formula is C6H9N3O2S2. The van der Waals surface area contributed by atoms with Gasteiger partial charge >= 0.3 is 10.0 Å². The second kappa shape index (κ2) is 3.84. The van der Waals surface area contributed by atoms with Crippen LogP contribution in [0.25, 0.3) is 0 Å². The van der Waals surface area contributed by atoms with Crippen molar-refractivity contribution in [3.05, 3.63) is 16.8 Å². The minimum Gasteiger partial charge on any atom is -0.284 e. The molecule has 1 aromatic rings. The fourth-order valence-electron chi connectivity index (χ4n) is 0.567. The first-order valence-corrected chi connectivity index (χ1v) is 5.78. The Morgan fingerprint density at radius 2 is 2.15 bits per heavy atom. The van der Waals surface area contributed by atoms with Gasteiger partial charge in [-0.25, -0.2) is 0 Å². The zero-order valence-electron chi connectivity index (χ0n) is 7.21. The van der Waals surface area contributed by atoms with Crippen LogP contribution < -0.4 is 0 Å². The van der Waals surface area contributed by atoms with Gasteiger partial charge in [-0.1, -0.05) is 5.22 Å². The van der Waals surface area contributed by atoms with E-state index in [0.717, 1.165) is 0 Å². The maximum atomic E-state index is 11.3. The molecule has 0 spiro atoms. The molecule has 1 rings (SSSR count). The Labute approximate surface area is 80.7 Å². The summed E-state index contributed by atoms with van der Waals surface area (Å²) in [5.41, 5.74) is 0. The van der Waals surface area contributed by atoms with Gasteiger partial charge in [-0.2, -0.15) is 19.8 Å². The van der Waals surface area contributed by atoms with Crippen LogP contribution in [0.2, 0.25) is 0 Å². The van der Waals surface area contributed by atoms with Gasteiger partial charge in [0, 0.05) is 19.5 Å². The van der Waals surface area contributed by atoms with E-state index in [2.05, 4.69) is 9.74 Å². The Bertz CT molecular complexity index is 380. The van der Waals surface area contributed by atoms with Crippen molar-refractivity contribution in [3.63, 3.8) is 0 Å². The Morgan fingerprint density at radius 3 is 2.62 bits per heavy atom. The van der Waals surface area contributed by atoms with Gasteiger partial charge < -0.3 is 0 Å². The molecule has 0 unspecified atom stereocenters. The lowest BCUT2D eigenvalue weighted by atomic mass is 10.7. The fourth-order valence-corrected chi connectivity index (χ4v) is 2.40. The van der Waals surface area contributed by atoms with Crippen LogP contribution in [0.4, 0.5) is 0 Å². The van der Waals surface area contributed by atoms with Crippen LogP contribution in [0, 0.1) is 0 Å². The predicted octanol–water partition coefficient (Wildman–Crippen LogP) is 1.37. The number of hydrogen-bond donors (Lipinski definition) is 0. The topological polar surface area (TPSA) is 62.1 Å². The predicted molar refractivity (Wildman–Crippen MR) is 50.0 cm³/mol. The van der Waals surface area contributed by atoms with Gasteiger partial charge in [0.05, 0.1) is 0 Å². The standard InChI is InChI=1S/C6H9N3O2S2/c1-9(2)7-8-13(10,11)6-3-4-12-5-6/h3-5H,1-2H3. The number of rotatable bonds is 3. The molecule has 0 saturated carbocycles. The molecule has 7 heteroatoms. The van der Waals surface area contributed by atoms with E-state index in [1.807, 2.05) is 0 Å². The van der Waals surface area contributed by atoms with E-state index < -0.39 is 10.0 Å². The summed E-state index contributed by atoms with van der Waals surface area (Å²) in [6.07, 6.45) is 0. The smallest absolute Gasteiger partial charge is 0.284 e. The molecule has 0 aliphatic carbocycles. The van der Waals surface area contributed by atoms with Gasteiger partial charge in [0.1, 0.15) is 4.90 Å². The maximum Gasteiger partial charge on any atom is 0.301 e. The monoisotopic (exact) mass is 219 g/mol. The van der Waals surface area contributed by atoms with Crippen LogP contribution in [0.5, 0.6) is 0 Å². The lowest BCUT2D eigenvalue weighted by Crippen LogP contribution is -2.02. The minimum absolute atomic E-state index is 0.183. The SMILES string of the molecule is CN(C)N=NS(=O)(=O)c1ccsc1. The third kappa shape index (κ3) is 2.78. The van der Waals surface area contributed by atoms with Crippen molar-refractivity contribution < 1.29 is 8.42 Å². The Hall–Kier alpha value is -0.950. The number of nitrogens with zero attached hydrogens (tertiary/aromatic N) is 3. The molecule has 0 aliphatic rings. The van der Waals surface area contributed by atoms with E-state index in [-0.39, 0.29) is 4.90 Å². The number of thiophene rings is 1. The average Bonchev–Trinajstić information content (AvgIpc) is 2.53. The first-order valence-electron chi connectivity index (χ1n) is 3.40. The first kappa shape index (κ1) is 10.1. The molecule has 5 nitrogen and oxygen atoms in total. The van der Waals surface area contributed by atoms with Crippen LogP contribution in [0.1, 0.15) is 0 Å². The van der Waals surface area contributed by atoms with Crippen LogP contribution >= 0.6 is 11.3 Å². The molecule has 1 heterocycles. The van der Waals surface area contributed by atoms with Gasteiger partial charge in [0.25, 0.3) is 0 Å². The second-order valence-electron chi connectivity index (χ2n) is 2.45. The molecule has 0 fully saturated rings. The highest BCUT2D eigenvalue weighted by Crippen LogP contribution is 2.15. The van der Waals surface area contributed by atoms with E-state index in [4.69, 9.17) is 0 Å². The third-order valence-corrected chi connectivity index (χ3v) is 3.09. The quantitative estimate of drug-likeness (QED) is 0.569. The van der Waals surface area contributed by atoms with Crippen molar-refractivity contribution in [2.45, 2.75) is 4.90 Å². The van der Waals surface area contributed by atoms with Crippen molar-refractivity contribution in [2.24, 2.45) is 9.74 Å². The van der Waals surface area contributed by atoms with E-state index in [1.165, 1.54) is 27.8 Å². The summed E-state index contributed by atoms with van der Waals surface area (Å²) in [5.74, 6) is 0. The molecule has 72 valence electrons. The largest absolute Gasteiger partial charge is 0.301 e. The zero-order chi connectivity index (χ0) is 9.90. The molecule has 0 amide bonds. The Balaban J connectivity index is 2.92. The first-order chi connectivity index (χ1) is 6.02. The molecule has 0 saturated heterocycles. The lowest BCUT2D eigenvalue weighted by molar-refractivity contribution is 0.410. The minimum atomic E-state index is -3.58. The Morgan fingerprint density at radius 1 is 1.46 bits per heavy atom. The summed E-state index contributed by atoms with van der Waals surface area (Å²) in [7, 11) is -0.377. The molecule has 0 radical (unpaired) electrons. The summed E-state index contributed by atoms with van der Waals surface area (Å²) in [4.78, 5) is 0.183. The average molecular weight is 219 g/mol. The van der Waals surface area contributed by atoms with Crippen LogP contribution in [-0.4, -0.2) is 27.5 Å². The zero-order valence-corrected chi connectivity index (χ0v) is 8.84. The van der Waals surface area contributed by atoms with Crippen LogP contribution in [-0.2, 0) is 10.0 Å². The van der Waals surface area contributed by atoms with Crippen LogP contribution in [0.3, 0.4) is 0 Å². The fraction of sp³-hybridized carbons (Fsp3) is 0.333. The van der Waals surface area contributed by atoms with E-state index in [1.54, 1.807) is 19.5 Å². The lowest BCUT2D eigenvalue weighted by Gasteiger charge is -1.99. The third-order valence-electron chi connectivity index (χ3n) is 1.12. The molecule has 0 N–H and O–H groups in total. The summed E-state index contributed by atoms with van der Waals surface area (Å²) in [6, 6.07) is 1.49. The number of hydrogen-bond acceptors (Lipinski definition) is 4. The van der Waals surface area contributed by atoms with Gasteiger partial charge in [-0.3, -0.25) is 5.01 Å². The highest BCUT2D eigenvalue weighted by molar-refractivity contribution is 7.90. The summed E-state index contributed by atoms with van der Waals surface area (Å²) in [6.45, 7) is 0. The van der Waals surface area contributed by atoms with Gasteiger partial charge in [-0.05, 0) is 16.0 Å². The second-order valence-corrected chi connectivity index (χ2v) is 4.82. The van der Waals surface area contributed by atoms with Gasteiger partial charge in [0.2, 0.25) is 0 Å². The van der Waals surface area contributed by atoms with Crippen molar-refractivity contribution in [1.82, 2.24) is 5.01 Å². The van der Waals surface area contributed by atoms with Gasteiger partial charge in [0.15, 0.2) is 0 Å². The molecular weight excluding hydrogens is 210 g/mol. The molecule has 13 heavy (non-hydrogen) atoms. The highest BCUT2D eigenvalue weighted by atomic mass is 32.2. The highest BCUT2D eigenvalue weighted by Gasteiger charge is 2.12. The molecule has 0 aliphatic heterocycles. The maximum absolute atomic E-state index is 11.3. The summed E-state index contributed by atoms with van der Waals surface area (Å²) < 4.78 is 25.9. The summed E-state index contributed by atoms with van der Waals surface area (Å²) >= 11 is 1.31. The molecule has 0 atom stereocenters. The summed E-state index contributed by atoms with van der Waals surface area (Å²) in [5, 5.41) is 7.95. The van der Waals surface area contributed by atoms with E-state index in [0.29, 0.717) is 0 Å². The Kier molecular flexibility index (Phi) is 2.99. The molecule has 0 aromatic carbocycles.